The number of likely N-dealkylation sites (N-methyl/N-ethyl adjacent to an activating group) is 1. The highest BCUT2D eigenvalue weighted by molar-refractivity contribution is 7.10. The van der Waals surface area contributed by atoms with Crippen molar-refractivity contribution >= 4 is 23.2 Å². The number of rotatable bonds is 5. The molecule has 1 amide bonds. The summed E-state index contributed by atoms with van der Waals surface area (Å²) in [5.74, 6) is 0.645. The quantitative estimate of drug-likeness (QED) is 0.890. The number of hydrogen-bond donors (Lipinski definition) is 1. The lowest BCUT2D eigenvalue weighted by atomic mass is 10.0. The first-order chi connectivity index (χ1) is 11.1. The highest BCUT2D eigenvalue weighted by atomic mass is 32.1. The summed E-state index contributed by atoms with van der Waals surface area (Å²) < 4.78 is 0. The number of aliphatic hydroxyl groups is 1. The van der Waals surface area contributed by atoms with Crippen LogP contribution in [0.15, 0.2) is 36.0 Å². The van der Waals surface area contributed by atoms with E-state index in [2.05, 4.69) is 9.97 Å². The van der Waals surface area contributed by atoms with Crippen molar-refractivity contribution in [1.82, 2.24) is 14.9 Å². The van der Waals surface area contributed by atoms with Crippen molar-refractivity contribution in [2.75, 3.05) is 31.6 Å². The van der Waals surface area contributed by atoms with Crippen LogP contribution in [0.25, 0.3) is 0 Å². The van der Waals surface area contributed by atoms with Gasteiger partial charge in [0.1, 0.15) is 5.60 Å². The van der Waals surface area contributed by atoms with Crippen LogP contribution in [-0.2, 0) is 11.2 Å². The number of carbonyl (C=O) groups excluding carboxylic acids is 1. The largest absolute Gasteiger partial charge is 0.386 e. The predicted molar refractivity (Wildman–Crippen MR) is 89.5 cm³/mol. The summed E-state index contributed by atoms with van der Waals surface area (Å²) in [6.45, 7) is 1.45. The molecule has 3 heterocycles. The van der Waals surface area contributed by atoms with Gasteiger partial charge in [0.15, 0.2) is 0 Å². The minimum Gasteiger partial charge on any atom is -0.386 e. The Kier molecular flexibility index (Phi) is 4.58. The molecule has 0 aliphatic carbocycles. The van der Waals surface area contributed by atoms with Crippen LogP contribution >= 0.6 is 11.3 Å². The third-order valence-corrected chi connectivity index (χ3v) is 4.91. The summed E-state index contributed by atoms with van der Waals surface area (Å²) in [6, 6.07) is 5.66. The van der Waals surface area contributed by atoms with E-state index in [-0.39, 0.29) is 5.91 Å². The molecule has 2 aromatic heterocycles. The van der Waals surface area contributed by atoms with Gasteiger partial charge in [-0.15, -0.1) is 11.3 Å². The third kappa shape index (κ3) is 3.86. The van der Waals surface area contributed by atoms with Crippen LogP contribution in [-0.4, -0.2) is 58.2 Å². The Hall–Kier alpha value is -1.99. The van der Waals surface area contributed by atoms with Gasteiger partial charge in [-0.2, -0.15) is 0 Å². The zero-order valence-corrected chi connectivity index (χ0v) is 13.9. The molecular weight excluding hydrogens is 312 g/mol. The summed E-state index contributed by atoms with van der Waals surface area (Å²) >= 11 is 1.57. The summed E-state index contributed by atoms with van der Waals surface area (Å²) in [7, 11) is 1.75. The molecule has 0 aromatic carbocycles. The van der Waals surface area contributed by atoms with Crippen LogP contribution < -0.4 is 4.90 Å². The van der Waals surface area contributed by atoms with Gasteiger partial charge in [-0.3, -0.25) is 4.79 Å². The molecule has 122 valence electrons. The number of amides is 1. The van der Waals surface area contributed by atoms with Crippen molar-refractivity contribution in [2.45, 2.75) is 18.4 Å². The van der Waals surface area contributed by atoms with E-state index in [9.17, 15) is 9.90 Å². The summed E-state index contributed by atoms with van der Waals surface area (Å²) in [5.41, 5.74) is -0.918. The summed E-state index contributed by atoms with van der Waals surface area (Å²) in [5, 5.41) is 12.7. The molecule has 1 aliphatic heterocycles. The molecule has 7 heteroatoms. The van der Waals surface area contributed by atoms with Crippen LogP contribution in [0.1, 0.15) is 11.3 Å². The van der Waals surface area contributed by atoms with Crippen LogP contribution in [0.4, 0.5) is 5.95 Å². The van der Waals surface area contributed by atoms with Gasteiger partial charge in [-0.25, -0.2) is 9.97 Å². The number of nitrogens with zero attached hydrogens (tertiary/aromatic N) is 4. The predicted octanol–water partition coefficient (Wildman–Crippen LogP) is 1.18. The average molecular weight is 332 g/mol. The van der Waals surface area contributed by atoms with E-state index in [1.165, 1.54) is 0 Å². The van der Waals surface area contributed by atoms with Crippen molar-refractivity contribution in [3.63, 3.8) is 0 Å². The molecule has 1 fully saturated rings. The molecule has 0 unspecified atom stereocenters. The summed E-state index contributed by atoms with van der Waals surface area (Å²) in [6.07, 6.45) is 4.37. The smallest absolute Gasteiger partial charge is 0.227 e. The molecule has 1 atom stereocenters. The highest BCUT2D eigenvalue weighted by Crippen LogP contribution is 2.25. The molecule has 1 aliphatic rings. The van der Waals surface area contributed by atoms with Crippen molar-refractivity contribution in [1.29, 1.82) is 0 Å². The number of carbonyl (C=O) groups is 1. The molecule has 0 saturated carbocycles. The Morgan fingerprint density at radius 1 is 1.43 bits per heavy atom. The first-order valence-corrected chi connectivity index (χ1v) is 8.44. The van der Waals surface area contributed by atoms with Crippen LogP contribution in [0.3, 0.4) is 0 Å². The van der Waals surface area contributed by atoms with E-state index in [0.717, 1.165) is 4.88 Å². The SMILES string of the molecule is CN(C[C@]1(O)CCN(c2ncccn2)C1)C(=O)Cc1cccs1. The van der Waals surface area contributed by atoms with E-state index in [1.54, 1.807) is 41.7 Å². The fraction of sp³-hybridized carbons (Fsp3) is 0.438. The lowest BCUT2D eigenvalue weighted by Crippen LogP contribution is -2.46. The Morgan fingerprint density at radius 2 is 2.22 bits per heavy atom. The third-order valence-electron chi connectivity index (χ3n) is 4.03. The van der Waals surface area contributed by atoms with Gasteiger partial charge in [0.2, 0.25) is 11.9 Å². The van der Waals surface area contributed by atoms with Gasteiger partial charge in [0.25, 0.3) is 0 Å². The standard InChI is InChI=1S/C16H20N4O2S/c1-19(14(21)10-13-4-2-9-23-13)11-16(22)5-8-20(12-16)15-17-6-3-7-18-15/h2-4,6-7,9,22H,5,8,10-12H2,1H3/t16-/m1/s1. The zero-order chi connectivity index (χ0) is 16.3. The van der Waals surface area contributed by atoms with E-state index in [1.807, 2.05) is 22.4 Å². The van der Waals surface area contributed by atoms with Gasteiger partial charge in [0, 0.05) is 30.9 Å². The maximum absolute atomic E-state index is 12.3. The number of hydrogen-bond acceptors (Lipinski definition) is 6. The Morgan fingerprint density at radius 3 is 2.91 bits per heavy atom. The first-order valence-electron chi connectivity index (χ1n) is 7.56. The molecule has 1 N–H and O–H groups in total. The lowest BCUT2D eigenvalue weighted by molar-refractivity contribution is -0.132. The van der Waals surface area contributed by atoms with E-state index in [4.69, 9.17) is 0 Å². The maximum atomic E-state index is 12.3. The highest BCUT2D eigenvalue weighted by Gasteiger charge is 2.38. The fourth-order valence-corrected chi connectivity index (χ4v) is 3.53. The Bertz CT molecular complexity index is 649. The molecule has 1 saturated heterocycles. The fourth-order valence-electron chi connectivity index (χ4n) is 2.84. The number of thiophene rings is 1. The van der Waals surface area contributed by atoms with E-state index in [0.29, 0.717) is 38.4 Å². The van der Waals surface area contributed by atoms with Gasteiger partial charge >= 0.3 is 0 Å². The van der Waals surface area contributed by atoms with Crippen molar-refractivity contribution in [3.8, 4) is 0 Å². The maximum Gasteiger partial charge on any atom is 0.227 e. The van der Waals surface area contributed by atoms with Crippen molar-refractivity contribution in [3.05, 3.63) is 40.8 Å². The zero-order valence-electron chi connectivity index (χ0n) is 13.1. The lowest BCUT2D eigenvalue weighted by Gasteiger charge is -2.29. The van der Waals surface area contributed by atoms with Crippen LogP contribution in [0, 0.1) is 0 Å². The van der Waals surface area contributed by atoms with E-state index < -0.39 is 5.60 Å². The second-order valence-electron chi connectivity index (χ2n) is 5.95. The van der Waals surface area contributed by atoms with Gasteiger partial charge < -0.3 is 14.9 Å². The van der Waals surface area contributed by atoms with Crippen molar-refractivity contribution < 1.29 is 9.90 Å². The van der Waals surface area contributed by atoms with Gasteiger partial charge in [-0.05, 0) is 23.9 Å². The monoisotopic (exact) mass is 332 g/mol. The Labute approximate surface area is 139 Å². The molecule has 0 bridgehead atoms. The molecule has 0 spiro atoms. The molecular formula is C16H20N4O2S. The second-order valence-corrected chi connectivity index (χ2v) is 6.98. The van der Waals surface area contributed by atoms with Gasteiger partial charge in [-0.1, -0.05) is 6.07 Å². The van der Waals surface area contributed by atoms with E-state index >= 15 is 0 Å². The molecule has 23 heavy (non-hydrogen) atoms. The van der Waals surface area contributed by atoms with Gasteiger partial charge in [0.05, 0.1) is 19.5 Å². The molecule has 6 nitrogen and oxygen atoms in total. The average Bonchev–Trinajstić information content (AvgIpc) is 3.18. The minimum absolute atomic E-state index is 0.0234. The second kappa shape index (κ2) is 6.64. The normalized spacial score (nSPS) is 20.7. The minimum atomic E-state index is -0.918. The van der Waals surface area contributed by atoms with Crippen molar-refractivity contribution in [2.24, 2.45) is 0 Å². The topological polar surface area (TPSA) is 69.6 Å². The molecule has 2 aromatic rings. The Balaban J connectivity index is 1.58. The number of β-amino-alcohol motifs (C(OH)–C–C–N with tert-alkyl or cyclic N) is 1. The number of anilines is 1. The number of aromatic nitrogens is 2. The van der Waals surface area contributed by atoms with Crippen LogP contribution in [0.5, 0.6) is 0 Å². The summed E-state index contributed by atoms with van der Waals surface area (Å²) in [4.78, 5) is 25.3. The molecule has 3 rings (SSSR count). The van der Waals surface area contributed by atoms with Crippen LogP contribution in [0.2, 0.25) is 0 Å². The molecule has 0 radical (unpaired) electrons. The first kappa shape index (κ1) is 15.9.